The predicted molar refractivity (Wildman–Crippen MR) is 32.7 cm³/mol. The van der Waals surface area contributed by atoms with Gasteiger partial charge in [-0.15, -0.1) is 0 Å². The molecule has 82 valence electrons. The highest BCUT2D eigenvalue weighted by Gasteiger charge is 2.59. The Hall–Kier alpha value is -1.67. The average molecular weight is 218 g/mol. The summed E-state index contributed by atoms with van der Waals surface area (Å²) in [5.41, 5.74) is 0. The molecule has 0 aromatic rings. The van der Waals surface area contributed by atoms with Crippen molar-refractivity contribution in [2.24, 2.45) is 0 Å². The van der Waals surface area contributed by atoms with Crippen LogP contribution in [0.3, 0.4) is 0 Å². The molecule has 0 unspecified atom stereocenters. The minimum absolute atomic E-state index is 0.0179. The van der Waals surface area contributed by atoms with Gasteiger partial charge in [0.25, 0.3) is 0 Å². The normalized spacial score (nSPS) is 15.4. The van der Waals surface area contributed by atoms with Gasteiger partial charge in [-0.25, -0.2) is 9.59 Å². The molecular weight excluding hydrogens is 213 g/mol. The van der Waals surface area contributed by atoms with E-state index >= 15 is 0 Å². The molecule has 0 amide bonds. The summed E-state index contributed by atoms with van der Waals surface area (Å²) in [5.74, 6) is -4.09. The molecule has 0 saturated heterocycles. The number of halogens is 3. The van der Waals surface area contributed by atoms with Gasteiger partial charge in [0, 0.05) is 6.92 Å². The fourth-order valence-corrected chi connectivity index (χ4v) is 0.424. The lowest BCUT2D eigenvalue weighted by molar-refractivity contribution is -0.345. The third-order valence-electron chi connectivity index (χ3n) is 1.01. The minimum Gasteiger partial charge on any atom is -0.450 e. The lowest BCUT2D eigenvalue weighted by atomic mass is 10.3. The highest BCUT2D eigenvalue weighted by molar-refractivity contribution is 5.58. The second-order valence-corrected chi connectivity index (χ2v) is 2.17. The summed E-state index contributed by atoms with van der Waals surface area (Å²) in [5, 5.41) is 15.6. The van der Waals surface area contributed by atoms with Crippen LogP contribution >= 0.6 is 0 Å². The van der Waals surface area contributed by atoms with E-state index in [4.69, 9.17) is 10.2 Å². The first-order valence-electron chi connectivity index (χ1n) is 2.99. The molecule has 0 aliphatic rings. The maximum atomic E-state index is 12.7. The van der Waals surface area contributed by atoms with Crippen LogP contribution in [-0.2, 0) is 9.47 Å². The molecule has 0 aromatic carbocycles. The van der Waals surface area contributed by atoms with E-state index in [1.54, 1.807) is 0 Å². The molecule has 1 atom stereocenters. The van der Waals surface area contributed by atoms with Gasteiger partial charge in [-0.3, -0.25) is 0 Å². The van der Waals surface area contributed by atoms with E-state index in [1.807, 2.05) is 0 Å². The lowest BCUT2D eigenvalue weighted by Crippen LogP contribution is -2.48. The maximum Gasteiger partial charge on any atom is 0.510 e. The second kappa shape index (κ2) is 3.60. The van der Waals surface area contributed by atoms with Crippen LogP contribution in [0.15, 0.2) is 0 Å². The molecule has 0 bridgehead atoms. The van der Waals surface area contributed by atoms with Crippen molar-refractivity contribution in [2.45, 2.75) is 18.9 Å². The number of hydrogen-bond donors (Lipinski definition) is 2. The quantitative estimate of drug-likeness (QED) is 0.699. The molecule has 0 spiro atoms. The first-order chi connectivity index (χ1) is 6.08. The third kappa shape index (κ3) is 2.99. The summed E-state index contributed by atoms with van der Waals surface area (Å²) in [4.78, 5) is 19.4. The predicted octanol–water partition coefficient (Wildman–Crippen LogP) is 1.65. The molecule has 0 rings (SSSR count). The van der Waals surface area contributed by atoms with E-state index in [2.05, 4.69) is 9.47 Å². The van der Waals surface area contributed by atoms with Crippen molar-refractivity contribution in [3.63, 3.8) is 0 Å². The van der Waals surface area contributed by atoms with E-state index < -0.39 is 24.3 Å². The van der Waals surface area contributed by atoms with Crippen molar-refractivity contribution in [1.82, 2.24) is 0 Å². The lowest BCUT2D eigenvalue weighted by Gasteiger charge is -2.25. The summed E-state index contributed by atoms with van der Waals surface area (Å²) in [6.45, 7) is 0.0179. The van der Waals surface area contributed by atoms with Crippen LogP contribution in [0.4, 0.5) is 22.8 Å². The summed E-state index contributed by atoms with van der Waals surface area (Å²) >= 11 is 0. The van der Waals surface area contributed by atoms with Crippen LogP contribution in [0.25, 0.3) is 0 Å². The molecule has 0 fully saturated rings. The van der Waals surface area contributed by atoms with Crippen LogP contribution in [0.1, 0.15) is 6.92 Å². The largest absolute Gasteiger partial charge is 0.510 e. The first-order valence-corrected chi connectivity index (χ1v) is 2.99. The van der Waals surface area contributed by atoms with Crippen molar-refractivity contribution in [3.05, 3.63) is 0 Å². The average Bonchev–Trinajstić information content (AvgIpc) is 1.78. The van der Waals surface area contributed by atoms with Gasteiger partial charge in [-0.2, -0.15) is 13.2 Å². The summed E-state index contributed by atoms with van der Waals surface area (Å²) in [7, 11) is 0. The first kappa shape index (κ1) is 12.3. The van der Waals surface area contributed by atoms with Gasteiger partial charge in [0.2, 0.25) is 0 Å². The zero-order chi connectivity index (χ0) is 11.6. The van der Waals surface area contributed by atoms with Crippen molar-refractivity contribution in [3.8, 4) is 0 Å². The molecule has 0 aliphatic carbocycles. The Morgan fingerprint density at radius 1 is 1.07 bits per heavy atom. The van der Waals surface area contributed by atoms with Gasteiger partial charge >= 0.3 is 24.3 Å². The maximum absolute atomic E-state index is 12.7. The molecule has 0 saturated carbocycles. The van der Waals surface area contributed by atoms with Gasteiger partial charge < -0.3 is 19.7 Å². The number of rotatable bonds is 3. The zero-order valence-corrected chi connectivity index (χ0v) is 6.66. The van der Waals surface area contributed by atoms with Gasteiger partial charge in [0.1, 0.15) is 0 Å². The second-order valence-electron chi connectivity index (χ2n) is 2.17. The van der Waals surface area contributed by atoms with E-state index in [-0.39, 0.29) is 6.92 Å². The Labute approximate surface area is 74.8 Å². The van der Waals surface area contributed by atoms with E-state index in [1.165, 1.54) is 0 Å². The standard InChI is InChI=1S/C5H5F3O6/c1-4(6,13-2(9)10)5(7,8)14-3(11)12/h1H3,(H,9,10)(H,11,12)/t4-/m0/s1. The molecule has 0 radical (unpaired) electrons. The monoisotopic (exact) mass is 218 g/mol. The number of ether oxygens (including phenoxy) is 2. The Bertz CT molecular complexity index is 224. The molecule has 6 nitrogen and oxygen atoms in total. The van der Waals surface area contributed by atoms with Gasteiger partial charge in [-0.1, -0.05) is 0 Å². The Kier molecular flexibility index (Phi) is 3.17. The summed E-state index contributed by atoms with van der Waals surface area (Å²) in [6, 6.07) is 0. The van der Waals surface area contributed by atoms with Crippen molar-refractivity contribution in [2.75, 3.05) is 0 Å². The Balaban J connectivity index is 4.67. The minimum atomic E-state index is -4.92. The van der Waals surface area contributed by atoms with Crippen molar-refractivity contribution >= 4 is 12.3 Å². The molecule has 0 aliphatic heterocycles. The Morgan fingerprint density at radius 3 is 1.71 bits per heavy atom. The van der Waals surface area contributed by atoms with Crippen LogP contribution in [0, 0.1) is 0 Å². The molecule has 9 heteroatoms. The van der Waals surface area contributed by atoms with Crippen LogP contribution in [0.2, 0.25) is 0 Å². The zero-order valence-electron chi connectivity index (χ0n) is 6.66. The van der Waals surface area contributed by atoms with Gasteiger partial charge in [0.05, 0.1) is 0 Å². The van der Waals surface area contributed by atoms with E-state index in [0.717, 1.165) is 0 Å². The van der Waals surface area contributed by atoms with Crippen LogP contribution in [0.5, 0.6) is 0 Å². The fraction of sp³-hybridized carbons (Fsp3) is 0.600. The summed E-state index contributed by atoms with van der Waals surface area (Å²) in [6.07, 6.45) is -9.71. The molecule has 14 heavy (non-hydrogen) atoms. The summed E-state index contributed by atoms with van der Waals surface area (Å²) < 4.78 is 43.6. The fourth-order valence-electron chi connectivity index (χ4n) is 0.424. The van der Waals surface area contributed by atoms with Crippen LogP contribution < -0.4 is 0 Å². The third-order valence-corrected chi connectivity index (χ3v) is 1.01. The van der Waals surface area contributed by atoms with Crippen molar-refractivity contribution in [1.29, 1.82) is 0 Å². The van der Waals surface area contributed by atoms with Gasteiger partial charge in [0.15, 0.2) is 0 Å². The molecular formula is C5H5F3O6. The molecule has 0 heterocycles. The SMILES string of the molecule is C[C@](F)(OC(=O)O)C(F)(F)OC(=O)O. The smallest absolute Gasteiger partial charge is 0.450 e. The van der Waals surface area contributed by atoms with E-state index in [9.17, 15) is 22.8 Å². The highest BCUT2D eigenvalue weighted by atomic mass is 19.3. The van der Waals surface area contributed by atoms with Gasteiger partial charge in [-0.05, 0) is 0 Å². The number of hydrogen-bond acceptors (Lipinski definition) is 4. The number of carbonyl (C=O) groups is 2. The molecule has 0 aromatic heterocycles. The Morgan fingerprint density at radius 2 is 1.43 bits per heavy atom. The van der Waals surface area contributed by atoms with E-state index in [0.29, 0.717) is 0 Å². The topological polar surface area (TPSA) is 93.1 Å². The highest BCUT2D eigenvalue weighted by Crippen LogP contribution is 2.34. The molecule has 2 N–H and O–H groups in total. The van der Waals surface area contributed by atoms with Crippen molar-refractivity contribution < 1.29 is 42.4 Å². The number of alkyl halides is 3. The number of carboxylic acid groups (broad SMARTS) is 2. The van der Waals surface area contributed by atoms with Crippen LogP contribution in [-0.4, -0.2) is 34.5 Å².